The molecule has 2 rings (SSSR count). The Labute approximate surface area is 109 Å². The monoisotopic (exact) mass is 261 g/mol. The van der Waals surface area contributed by atoms with Crippen LogP contribution in [0.3, 0.4) is 0 Å². The second-order valence-electron chi connectivity index (χ2n) is 3.90. The molecule has 0 atom stereocenters. The van der Waals surface area contributed by atoms with Gasteiger partial charge in [0.1, 0.15) is 16.8 Å². The summed E-state index contributed by atoms with van der Waals surface area (Å²) in [6.07, 6.45) is 2.34. The number of hydrogen-bond acceptors (Lipinski definition) is 4. The summed E-state index contributed by atoms with van der Waals surface area (Å²) < 4.78 is 13.1. The topological polar surface area (TPSA) is 48.7 Å². The molecule has 0 spiro atoms. The molecule has 1 aromatic heterocycles. The van der Waals surface area contributed by atoms with Crippen molar-refractivity contribution in [3.05, 3.63) is 46.2 Å². The van der Waals surface area contributed by atoms with Crippen molar-refractivity contribution >= 4 is 16.5 Å². The Bertz CT molecular complexity index is 586. The number of nitrogens with zero attached hydrogens (tertiary/aromatic N) is 2. The molecule has 0 aliphatic carbocycles. The molecule has 0 saturated carbocycles. The molecule has 92 valence electrons. The van der Waals surface area contributed by atoms with Crippen LogP contribution >= 0.6 is 11.3 Å². The molecule has 0 unspecified atom stereocenters. The number of benzene rings is 1. The second-order valence-corrected chi connectivity index (χ2v) is 4.93. The first kappa shape index (κ1) is 12.5. The summed E-state index contributed by atoms with van der Waals surface area (Å²) in [6, 6.07) is 7.16. The molecular formula is C13H12FN3S. The van der Waals surface area contributed by atoms with E-state index in [2.05, 4.69) is 10.3 Å². The zero-order valence-corrected chi connectivity index (χ0v) is 10.7. The van der Waals surface area contributed by atoms with Gasteiger partial charge in [-0.15, -0.1) is 0 Å². The van der Waals surface area contributed by atoms with Gasteiger partial charge in [-0.2, -0.15) is 5.26 Å². The molecule has 2 aromatic rings. The minimum atomic E-state index is -0.176. The fourth-order valence-corrected chi connectivity index (χ4v) is 2.22. The number of aryl methyl sites for hydroxylation is 1. The Morgan fingerprint density at radius 2 is 2.33 bits per heavy atom. The highest BCUT2D eigenvalue weighted by atomic mass is 32.1. The van der Waals surface area contributed by atoms with Gasteiger partial charge in [-0.25, -0.2) is 9.37 Å². The lowest BCUT2D eigenvalue weighted by molar-refractivity contribution is 0.617. The van der Waals surface area contributed by atoms with Gasteiger partial charge in [-0.3, -0.25) is 0 Å². The summed E-state index contributed by atoms with van der Waals surface area (Å²) >= 11 is 1.33. The molecule has 0 fully saturated rings. The maximum absolute atomic E-state index is 13.1. The molecular weight excluding hydrogens is 249 g/mol. The van der Waals surface area contributed by atoms with Crippen molar-refractivity contribution < 1.29 is 4.39 Å². The van der Waals surface area contributed by atoms with Crippen molar-refractivity contribution in [2.24, 2.45) is 0 Å². The van der Waals surface area contributed by atoms with Gasteiger partial charge in [0.05, 0.1) is 6.20 Å². The molecule has 0 radical (unpaired) electrons. The predicted molar refractivity (Wildman–Crippen MR) is 70.2 cm³/mol. The van der Waals surface area contributed by atoms with Crippen molar-refractivity contribution in [2.75, 3.05) is 11.9 Å². The number of rotatable bonds is 4. The zero-order valence-electron chi connectivity index (χ0n) is 9.90. The predicted octanol–water partition coefficient (Wildman–Crippen LogP) is 3.12. The van der Waals surface area contributed by atoms with Crippen LogP contribution in [0.2, 0.25) is 0 Å². The van der Waals surface area contributed by atoms with E-state index in [4.69, 9.17) is 5.26 Å². The van der Waals surface area contributed by atoms with Crippen LogP contribution in [0, 0.1) is 24.1 Å². The average molecular weight is 261 g/mol. The molecule has 0 aliphatic rings. The number of hydrogen-bond donors (Lipinski definition) is 1. The van der Waals surface area contributed by atoms with Crippen molar-refractivity contribution in [1.29, 1.82) is 5.26 Å². The molecule has 5 heteroatoms. The van der Waals surface area contributed by atoms with E-state index in [1.165, 1.54) is 17.4 Å². The molecule has 0 aliphatic heterocycles. The normalized spacial score (nSPS) is 10.1. The summed E-state index contributed by atoms with van der Waals surface area (Å²) in [6.45, 7) is 2.47. The molecule has 0 amide bonds. The van der Waals surface area contributed by atoms with E-state index in [9.17, 15) is 4.39 Å². The first-order chi connectivity index (χ1) is 8.69. The van der Waals surface area contributed by atoms with Crippen LogP contribution in [0.25, 0.3) is 0 Å². The van der Waals surface area contributed by atoms with Crippen LogP contribution in [-0.2, 0) is 6.42 Å². The third-order valence-corrected chi connectivity index (χ3v) is 3.39. The van der Waals surface area contributed by atoms with Crippen LogP contribution in [0.5, 0.6) is 0 Å². The van der Waals surface area contributed by atoms with Gasteiger partial charge >= 0.3 is 0 Å². The molecule has 3 nitrogen and oxygen atoms in total. The highest BCUT2D eigenvalue weighted by Crippen LogP contribution is 2.17. The maximum atomic E-state index is 13.1. The molecule has 18 heavy (non-hydrogen) atoms. The van der Waals surface area contributed by atoms with Crippen molar-refractivity contribution in [1.82, 2.24) is 4.98 Å². The van der Waals surface area contributed by atoms with Crippen molar-refractivity contribution in [3.8, 4) is 6.07 Å². The van der Waals surface area contributed by atoms with E-state index in [0.29, 0.717) is 17.0 Å². The van der Waals surface area contributed by atoms with Gasteiger partial charge in [-0.05, 0) is 30.5 Å². The zero-order chi connectivity index (χ0) is 13.0. The number of anilines is 1. The fraction of sp³-hybridized carbons (Fsp3) is 0.231. The quantitative estimate of drug-likeness (QED) is 0.920. The van der Waals surface area contributed by atoms with E-state index in [-0.39, 0.29) is 5.82 Å². The summed E-state index contributed by atoms with van der Waals surface area (Å²) in [7, 11) is 0. The average Bonchev–Trinajstić information content (AvgIpc) is 2.82. The van der Waals surface area contributed by atoms with Gasteiger partial charge in [0.2, 0.25) is 0 Å². The number of halogens is 1. The molecule has 1 N–H and O–H groups in total. The van der Waals surface area contributed by atoms with Gasteiger partial charge in [0.25, 0.3) is 0 Å². The van der Waals surface area contributed by atoms with Crippen LogP contribution in [0.15, 0.2) is 24.4 Å². The fourth-order valence-electron chi connectivity index (χ4n) is 1.58. The van der Waals surface area contributed by atoms with Crippen LogP contribution < -0.4 is 5.32 Å². The third-order valence-electron chi connectivity index (χ3n) is 2.53. The Hall–Kier alpha value is -1.93. The first-order valence-electron chi connectivity index (χ1n) is 5.54. The van der Waals surface area contributed by atoms with Gasteiger partial charge in [0.15, 0.2) is 5.13 Å². The summed E-state index contributed by atoms with van der Waals surface area (Å²) in [5.41, 5.74) is 1.74. The first-order valence-corrected chi connectivity index (χ1v) is 6.35. The van der Waals surface area contributed by atoms with Crippen LogP contribution in [0.1, 0.15) is 16.0 Å². The van der Waals surface area contributed by atoms with E-state index >= 15 is 0 Å². The van der Waals surface area contributed by atoms with Crippen molar-refractivity contribution in [2.45, 2.75) is 13.3 Å². The lowest BCUT2D eigenvalue weighted by Crippen LogP contribution is -2.04. The highest BCUT2D eigenvalue weighted by Gasteiger charge is 2.01. The third kappa shape index (κ3) is 3.05. The van der Waals surface area contributed by atoms with Gasteiger partial charge in [0, 0.05) is 6.54 Å². The van der Waals surface area contributed by atoms with Crippen LogP contribution in [-0.4, -0.2) is 11.5 Å². The van der Waals surface area contributed by atoms with E-state index in [1.807, 2.05) is 12.1 Å². The van der Waals surface area contributed by atoms with E-state index in [0.717, 1.165) is 17.1 Å². The van der Waals surface area contributed by atoms with Crippen molar-refractivity contribution in [3.63, 3.8) is 0 Å². The summed E-state index contributed by atoms with van der Waals surface area (Å²) in [5.74, 6) is -0.176. The number of thiazole rings is 1. The Kier molecular flexibility index (Phi) is 3.90. The van der Waals surface area contributed by atoms with Crippen LogP contribution in [0.4, 0.5) is 9.52 Å². The number of nitriles is 1. The largest absolute Gasteiger partial charge is 0.361 e. The minimum absolute atomic E-state index is 0.176. The summed E-state index contributed by atoms with van der Waals surface area (Å²) in [5, 5.41) is 12.6. The lowest BCUT2D eigenvalue weighted by Gasteiger charge is -2.04. The molecule has 0 bridgehead atoms. The Morgan fingerprint density at radius 1 is 1.50 bits per heavy atom. The van der Waals surface area contributed by atoms with Gasteiger partial charge < -0.3 is 5.32 Å². The number of aromatic nitrogens is 1. The second kappa shape index (κ2) is 5.61. The molecule has 1 aromatic carbocycles. The number of nitrogens with one attached hydrogen (secondary N) is 1. The van der Waals surface area contributed by atoms with E-state index < -0.39 is 0 Å². The lowest BCUT2D eigenvalue weighted by atomic mass is 10.1. The Balaban J connectivity index is 1.88. The van der Waals surface area contributed by atoms with Gasteiger partial charge in [-0.1, -0.05) is 23.5 Å². The van der Waals surface area contributed by atoms with E-state index in [1.54, 1.807) is 19.2 Å². The SMILES string of the molecule is Cc1cc(CCNc2ncc(C#N)s2)ccc1F. The maximum Gasteiger partial charge on any atom is 0.183 e. The summed E-state index contributed by atoms with van der Waals surface area (Å²) in [4.78, 5) is 4.67. The molecule has 1 heterocycles. The smallest absolute Gasteiger partial charge is 0.183 e. The minimum Gasteiger partial charge on any atom is -0.361 e. The molecule has 0 saturated heterocycles. The standard InChI is InChI=1S/C13H12FN3S/c1-9-6-10(2-3-12(9)14)4-5-16-13-17-8-11(7-15)18-13/h2-3,6,8H,4-5H2,1H3,(H,16,17). The Morgan fingerprint density at radius 3 is 3.00 bits per heavy atom. The highest BCUT2D eigenvalue weighted by molar-refractivity contribution is 7.16.